The molecule has 0 aliphatic rings. The number of nitrogens with one attached hydrogen (secondary N) is 1. The van der Waals surface area contributed by atoms with Crippen LogP contribution in [-0.4, -0.2) is 29.6 Å². The van der Waals surface area contributed by atoms with Crippen LogP contribution in [0.15, 0.2) is 42.5 Å². The first-order valence-electron chi connectivity index (χ1n) is 10.2. The summed E-state index contributed by atoms with van der Waals surface area (Å²) in [5.74, 6) is 0.145. The van der Waals surface area contributed by atoms with Crippen LogP contribution in [0.3, 0.4) is 0 Å². The topological polar surface area (TPSA) is 77.5 Å². The van der Waals surface area contributed by atoms with Crippen molar-refractivity contribution in [1.82, 2.24) is 4.98 Å². The highest BCUT2D eigenvalue weighted by Gasteiger charge is 2.13. The number of anilines is 1. The molecule has 2 aromatic carbocycles. The van der Waals surface area contributed by atoms with E-state index in [2.05, 4.69) is 17.2 Å². The van der Waals surface area contributed by atoms with E-state index in [1.165, 1.54) is 11.3 Å². The summed E-state index contributed by atoms with van der Waals surface area (Å²) in [6.45, 7) is 6.52. The van der Waals surface area contributed by atoms with E-state index in [1.54, 1.807) is 42.5 Å². The van der Waals surface area contributed by atoms with Crippen LogP contribution in [0.2, 0.25) is 0 Å². The van der Waals surface area contributed by atoms with Crippen LogP contribution in [0.4, 0.5) is 5.13 Å². The van der Waals surface area contributed by atoms with Gasteiger partial charge in [-0.3, -0.25) is 10.1 Å². The van der Waals surface area contributed by atoms with Gasteiger partial charge in [-0.15, -0.1) is 0 Å². The molecule has 1 heterocycles. The van der Waals surface area contributed by atoms with Gasteiger partial charge in [0.1, 0.15) is 5.75 Å². The number of hydrogen-bond acceptors (Lipinski definition) is 6. The van der Waals surface area contributed by atoms with E-state index in [1.807, 2.05) is 13.8 Å². The summed E-state index contributed by atoms with van der Waals surface area (Å²) in [6.07, 6.45) is 2.85. The molecule has 0 spiro atoms. The first-order chi connectivity index (χ1) is 14.5. The van der Waals surface area contributed by atoms with Crippen LogP contribution in [0.1, 0.15) is 60.7 Å². The molecule has 6 nitrogen and oxygen atoms in total. The Labute approximate surface area is 180 Å². The fraction of sp³-hybridized carbons (Fsp3) is 0.348. The zero-order chi connectivity index (χ0) is 21.5. The Kier molecular flexibility index (Phi) is 7.41. The number of nitrogens with zero attached hydrogens (tertiary/aromatic N) is 1. The van der Waals surface area contributed by atoms with Gasteiger partial charge in [-0.25, -0.2) is 9.78 Å². The first kappa shape index (κ1) is 21.8. The molecular weight excluding hydrogens is 400 g/mol. The van der Waals surface area contributed by atoms with Crippen molar-refractivity contribution in [2.75, 3.05) is 11.9 Å². The van der Waals surface area contributed by atoms with Crippen molar-refractivity contribution < 1.29 is 19.1 Å². The molecule has 0 radical (unpaired) electrons. The van der Waals surface area contributed by atoms with Gasteiger partial charge in [-0.2, -0.15) is 0 Å². The van der Waals surface area contributed by atoms with E-state index in [0.29, 0.717) is 22.9 Å². The summed E-state index contributed by atoms with van der Waals surface area (Å²) in [4.78, 5) is 29.1. The average molecular weight is 427 g/mol. The molecule has 0 saturated carbocycles. The molecule has 0 unspecified atom stereocenters. The van der Waals surface area contributed by atoms with Crippen molar-refractivity contribution in [2.45, 2.75) is 46.1 Å². The molecule has 0 aliphatic carbocycles. The standard InChI is InChI=1S/C23H26N2O4S/c1-4-6-13-28-22(27)17-9-12-19-20(14-17)30-23(24-19)25-21(26)16-7-10-18(11-8-16)29-15(3)5-2/h7-12,14-15H,4-6,13H2,1-3H3,(H,24,25,26)/t15-/m0/s1. The number of unbranched alkanes of at least 4 members (excludes halogenated alkanes) is 1. The number of thiazole rings is 1. The molecular formula is C23H26N2O4S. The van der Waals surface area contributed by atoms with Gasteiger partial charge < -0.3 is 9.47 Å². The van der Waals surface area contributed by atoms with Crippen LogP contribution >= 0.6 is 11.3 Å². The normalized spacial score (nSPS) is 11.8. The van der Waals surface area contributed by atoms with Crippen molar-refractivity contribution in [3.8, 4) is 5.75 Å². The smallest absolute Gasteiger partial charge is 0.338 e. The van der Waals surface area contributed by atoms with Crippen LogP contribution in [0.25, 0.3) is 10.2 Å². The van der Waals surface area contributed by atoms with E-state index >= 15 is 0 Å². The number of benzene rings is 2. The molecule has 7 heteroatoms. The lowest BCUT2D eigenvalue weighted by Gasteiger charge is -2.12. The zero-order valence-corrected chi connectivity index (χ0v) is 18.3. The van der Waals surface area contributed by atoms with Crippen LogP contribution in [-0.2, 0) is 4.74 Å². The number of carbonyl (C=O) groups excluding carboxylic acids is 2. The first-order valence-corrected chi connectivity index (χ1v) is 11.0. The summed E-state index contributed by atoms with van der Waals surface area (Å²) in [5.41, 5.74) is 1.72. The van der Waals surface area contributed by atoms with Crippen molar-refractivity contribution in [3.05, 3.63) is 53.6 Å². The van der Waals surface area contributed by atoms with Gasteiger partial charge in [0.15, 0.2) is 5.13 Å². The highest BCUT2D eigenvalue weighted by molar-refractivity contribution is 7.22. The molecule has 0 fully saturated rings. The molecule has 1 atom stereocenters. The van der Waals surface area contributed by atoms with Gasteiger partial charge in [0.25, 0.3) is 5.91 Å². The maximum atomic E-state index is 12.5. The molecule has 3 rings (SSSR count). The molecule has 1 amide bonds. The summed E-state index contributed by atoms with van der Waals surface area (Å²) in [7, 11) is 0. The Morgan fingerprint density at radius 3 is 2.53 bits per heavy atom. The van der Waals surface area contributed by atoms with Crippen LogP contribution < -0.4 is 10.1 Å². The zero-order valence-electron chi connectivity index (χ0n) is 17.4. The van der Waals surface area contributed by atoms with E-state index in [0.717, 1.165) is 35.2 Å². The van der Waals surface area contributed by atoms with E-state index < -0.39 is 0 Å². The predicted molar refractivity (Wildman–Crippen MR) is 120 cm³/mol. The highest BCUT2D eigenvalue weighted by Crippen LogP contribution is 2.27. The largest absolute Gasteiger partial charge is 0.491 e. The highest BCUT2D eigenvalue weighted by atomic mass is 32.1. The molecule has 158 valence electrons. The van der Waals surface area contributed by atoms with Gasteiger partial charge in [0.2, 0.25) is 0 Å². The summed E-state index contributed by atoms with van der Waals surface area (Å²) in [5, 5.41) is 3.30. The van der Waals surface area contributed by atoms with E-state index in [4.69, 9.17) is 9.47 Å². The predicted octanol–water partition coefficient (Wildman–Crippen LogP) is 5.68. The molecule has 0 bridgehead atoms. The average Bonchev–Trinajstić information content (AvgIpc) is 3.15. The molecule has 1 N–H and O–H groups in total. The van der Waals surface area contributed by atoms with Crippen molar-refractivity contribution in [1.29, 1.82) is 0 Å². The Morgan fingerprint density at radius 1 is 1.10 bits per heavy atom. The third-order valence-electron chi connectivity index (χ3n) is 4.60. The number of carbonyl (C=O) groups is 2. The third kappa shape index (κ3) is 5.57. The maximum absolute atomic E-state index is 12.5. The lowest BCUT2D eigenvalue weighted by molar-refractivity contribution is 0.0500. The minimum atomic E-state index is -0.343. The number of rotatable bonds is 9. The fourth-order valence-electron chi connectivity index (χ4n) is 2.67. The van der Waals surface area contributed by atoms with Crippen molar-refractivity contribution >= 4 is 38.6 Å². The maximum Gasteiger partial charge on any atom is 0.338 e. The summed E-state index contributed by atoms with van der Waals surface area (Å²) < 4.78 is 11.8. The van der Waals surface area contributed by atoms with Gasteiger partial charge in [-0.05, 0) is 62.2 Å². The third-order valence-corrected chi connectivity index (χ3v) is 5.54. The lowest BCUT2D eigenvalue weighted by atomic mass is 10.2. The van der Waals surface area contributed by atoms with Crippen molar-refractivity contribution in [3.63, 3.8) is 0 Å². The second-order valence-corrected chi connectivity index (χ2v) is 8.04. The van der Waals surface area contributed by atoms with Gasteiger partial charge in [0, 0.05) is 5.56 Å². The second kappa shape index (κ2) is 10.2. The van der Waals surface area contributed by atoms with Gasteiger partial charge in [-0.1, -0.05) is 31.6 Å². The minimum absolute atomic E-state index is 0.126. The number of hydrogen-bond donors (Lipinski definition) is 1. The fourth-order valence-corrected chi connectivity index (χ4v) is 3.57. The van der Waals surface area contributed by atoms with Gasteiger partial charge >= 0.3 is 5.97 Å². The molecule has 0 saturated heterocycles. The molecule has 3 aromatic rings. The quantitative estimate of drug-likeness (QED) is 0.352. The van der Waals surface area contributed by atoms with E-state index in [-0.39, 0.29) is 18.0 Å². The number of ether oxygens (including phenoxy) is 2. The summed E-state index contributed by atoms with van der Waals surface area (Å²) in [6, 6.07) is 12.2. The summed E-state index contributed by atoms with van der Waals surface area (Å²) >= 11 is 1.32. The van der Waals surface area contributed by atoms with Crippen molar-refractivity contribution in [2.24, 2.45) is 0 Å². The SMILES string of the molecule is CCCCOC(=O)c1ccc2nc(NC(=O)c3ccc(O[C@@H](C)CC)cc3)sc2c1. The van der Waals surface area contributed by atoms with Crippen LogP contribution in [0, 0.1) is 0 Å². The Morgan fingerprint density at radius 2 is 1.83 bits per heavy atom. The Hall–Kier alpha value is -2.93. The van der Waals surface area contributed by atoms with E-state index in [9.17, 15) is 9.59 Å². The monoisotopic (exact) mass is 426 g/mol. The lowest BCUT2D eigenvalue weighted by Crippen LogP contribution is -2.12. The number of fused-ring (bicyclic) bond motifs is 1. The molecule has 30 heavy (non-hydrogen) atoms. The Balaban J connectivity index is 1.66. The molecule has 1 aromatic heterocycles. The minimum Gasteiger partial charge on any atom is -0.491 e. The molecule has 0 aliphatic heterocycles. The number of amides is 1. The van der Waals surface area contributed by atoms with Gasteiger partial charge in [0.05, 0.1) is 28.5 Å². The Bertz CT molecular complexity index is 1010. The number of esters is 1. The van der Waals surface area contributed by atoms with Crippen LogP contribution in [0.5, 0.6) is 5.75 Å². The second-order valence-electron chi connectivity index (χ2n) is 7.01. The number of aromatic nitrogens is 1.